The van der Waals surface area contributed by atoms with Crippen LogP contribution in [0, 0.1) is 12.8 Å². The van der Waals surface area contributed by atoms with Crippen LogP contribution in [0.15, 0.2) is 47.8 Å². The Morgan fingerprint density at radius 3 is 2.72 bits per heavy atom. The SMILES string of the molecule is CC=CC1=CC2=CC(=O)C(C)(OC(=O)c3c(C)cc(O)cc3OC)C(O)C2CO1. The number of esters is 1. The van der Waals surface area contributed by atoms with E-state index in [0.717, 1.165) is 0 Å². The maximum atomic E-state index is 12.9. The molecule has 0 bridgehead atoms. The van der Waals surface area contributed by atoms with E-state index < -0.39 is 29.4 Å². The zero-order valence-corrected chi connectivity index (χ0v) is 16.8. The lowest BCUT2D eigenvalue weighted by Crippen LogP contribution is -2.57. The highest BCUT2D eigenvalue weighted by molar-refractivity contribution is 6.03. The van der Waals surface area contributed by atoms with Gasteiger partial charge in [0, 0.05) is 12.0 Å². The van der Waals surface area contributed by atoms with Gasteiger partial charge in [-0.25, -0.2) is 4.79 Å². The van der Waals surface area contributed by atoms with Gasteiger partial charge >= 0.3 is 5.97 Å². The number of benzene rings is 1. The van der Waals surface area contributed by atoms with Crippen molar-refractivity contribution in [2.45, 2.75) is 32.5 Å². The van der Waals surface area contributed by atoms with E-state index in [9.17, 15) is 19.8 Å². The van der Waals surface area contributed by atoms with E-state index in [-0.39, 0.29) is 23.7 Å². The third-order valence-corrected chi connectivity index (χ3v) is 5.24. The molecule has 1 aliphatic heterocycles. The van der Waals surface area contributed by atoms with Crippen LogP contribution < -0.4 is 4.74 Å². The molecule has 1 heterocycles. The van der Waals surface area contributed by atoms with Crippen LogP contribution in [0.2, 0.25) is 0 Å². The molecule has 3 atom stereocenters. The lowest BCUT2D eigenvalue weighted by Gasteiger charge is -2.41. The summed E-state index contributed by atoms with van der Waals surface area (Å²) >= 11 is 0. The molecule has 0 radical (unpaired) electrons. The molecule has 3 unspecified atom stereocenters. The van der Waals surface area contributed by atoms with Gasteiger partial charge in [0.25, 0.3) is 0 Å². The summed E-state index contributed by atoms with van der Waals surface area (Å²) in [6, 6.07) is 2.67. The van der Waals surface area contributed by atoms with Crippen LogP contribution in [0.5, 0.6) is 11.5 Å². The fourth-order valence-electron chi connectivity index (χ4n) is 3.62. The molecule has 0 amide bonds. The number of allylic oxidation sites excluding steroid dienone is 3. The van der Waals surface area contributed by atoms with Gasteiger partial charge in [-0.1, -0.05) is 6.08 Å². The van der Waals surface area contributed by atoms with Gasteiger partial charge in [-0.15, -0.1) is 0 Å². The number of carbonyl (C=O) groups excluding carboxylic acids is 2. The summed E-state index contributed by atoms with van der Waals surface area (Å²) in [5.74, 6) is -1.20. The fourth-order valence-corrected chi connectivity index (χ4v) is 3.62. The van der Waals surface area contributed by atoms with E-state index in [1.807, 2.05) is 13.0 Å². The van der Waals surface area contributed by atoms with Crippen LogP contribution in [0.4, 0.5) is 0 Å². The van der Waals surface area contributed by atoms with Gasteiger partial charge in [0.05, 0.1) is 13.7 Å². The molecule has 154 valence electrons. The molecule has 7 nitrogen and oxygen atoms in total. The van der Waals surface area contributed by atoms with E-state index in [1.165, 1.54) is 32.2 Å². The molecule has 0 saturated carbocycles. The maximum Gasteiger partial charge on any atom is 0.343 e. The first-order chi connectivity index (χ1) is 13.7. The zero-order valence-electron chi connectivity index (χ0n) is 16.8. The Labute approximate surface area is 168 Å². The lowest BCUT2D eigenvalue weighted by molar-refractivity contribution is -0.152. The second-order valence-electron chi connectivity index (χ2n) is 7.25. The minimum absolute atomic E-state index is 0.0634. The highest BCUT2D eigenvalue weighted by Gasteiger charge is 2.52. The normalized spacial score (nSPS) is 26.3. The maximum absolute atomic E-state index is 12.9. The van der Waals surface area contributed by atoms with Gasteiger partial charge in [0.2, 0.25) is 5.78 Å². The van der Waals surface area contributed by atoms with Gasteiger partial charge < -0.3 is 24.4 Å². The smallest absolute Gasteiger partial charge is 0.343 e. The average Bonchev–Trinajstić information content (AvgIpc) is 2.66. The number of hydrogen-bond donors (Lipinski definition) is 2. The van der Waals surface area contributed by atoms with E-state index in [1.54, 1.807) is 19.1 Å². The highest BCUT2D eigenvalue weighted by Crippen LogP contribution is 2.38. The van der Waals surface area contributed by atoms with Crippen molar-refractivity contribution in [2.75, 3.05) is 13.7 Å². The Balaban J connectivity index is 1.94. The van der Waals surface area contributed by atoms with Gasteiger partial charge in [-0.2, -0.15) is 0 Å². The van der Waals surface area contributed by atoms with Crippen LogP contribution in [-0.2, 0) is 14.3 Å². The minimum atomic E-state index is -1.78. The van der Waals surface area contributed by atoms with Crippen molar-refractivity contribution in [1.29, 1.82) is 0 Å². The second kappa shape index (κ2) is 7.75. The first kappa shape index (κ1) is 20.7. The largest absolute Gasteiger partial charge is 0.508 e. The molecular formula is C22H24O7. The van der Waals surface area contributed by atoms with E-state index in [2.05, 4.69) is 0 Å². The highest BCUT2D eigenvalue weighted by atomic mass is 16.6. The van der Waals surface area contributed by atoms with Gasteiger partial charge in [0.1, 0.15) is 28.9 Å². The molecule has 7 heteroatoms. The molecule has 1 aromatic rings. The zero-order chi connectivity index (χ0) is 21.3. The molecular weight excluding hydrogens is 376 g/mol. The molecule has 29 heavy (non-hydrogen) atoms. The Kier molecular flexibility index (Phi) is 5.53. The quantitative estimate of drug-likeness (QED) is 0.749. The van der Waals surface area contributed by atoms with Crippen LogP contribution >= 0.6 is 0 Å². The monoisotopic (exact) mass is 400 g/mol. The number of ether oxygens (including phenoxy) is 3. The number of aromatic hydroxyl groups is 1. The number of rotatable bonds is 4. The van der Waals surface area contributed by atoms with Crippen LogP contribution in [0.25, 0.3) is 0 Å². The molecule has 2 N–H and O–H groups in total. The van der Waals surface area contributed by atoms with Crippen molar-refractivity contribution in [3.05, 3.63) is 58.9 Å². The molecule has 0 saturated heterocycles. The minimum Gasteiger partial charge on any atom is -0.508 e. The first-order valence-corrected chi connectivity index (χ1v) is 9.23. The summed E-state index contributed by atoms with van der Waals surface area (Å²) in [6.07, 6.45) is 5.38. The molecule has 0 spiro atoms. The van der Waals surface area contributed by atoms with Crippen LogP contribution in [-0.4, -0.2) is 47.4 Å². The summed E-state index contributed by atoms with van der Waals surface area (Å²) in [7, 11) is 1.36. The third-order valence-electron chi connectivity index (χ3n) is 5.24. The number of aliphatic hydroxyl groups excluding tert-OH is 1. The first-order valence-electron chi connectivity index (χ1n) is 9.23. The number of aryl methyl sites for hydroxylation is 1. The number of aliphatic hydroxyl groups is 1. The van der Waals surface area contributed by atoms with Crippen LogP contribution in [0.3, 0.4) is 0 Å². The van der Waals surface area contributed by atoms with Gasteiger partial charge in [-0.05, 0) is 56.2 Å². The molecule has 0 fully saturated rings. The Morgan fingerprint density at radius 2 is 2.07 bits per heavy atom. The van der Waals surface area contributed by atoms with Crippen molar-refractivity contribution in [3.63, 3.8) is 0 Å². The molecule has 1 aromatic carbocycles. The number of fused-ring (bicyclic) bond motifs is 1. The van der Waals surface area contributed by atoms with Crippen molar-refractivity contribution in [3.8, 4) is 11.5 Å². The fraction of sp³-hybridized carbons (Fsp3) is 0.364. The Hall–Kier alpha value is -3.06. The van der Waals surface area contributed by atoms with Crippen molar-refractivity contribution < 1.29 is 34.0 Å². The Bertz CT molecular complexity index is 941. The summed E-state index contributed by atoms with van der Waals surface area (Å²) < 4.78 is 16.3. The molecule has 3 rings (SSSR count). The lowest BCUT2D eigenvalue weighted by atomic mass is 9.74. The molecule has 2 aliphatic rings. The van der Waals surface area contributed by atoms with Gasteiger partial charge in [-0.3, -0.25) is 4.79 Å². The van der Waals surface area contributed by atoms with Crippen molar-refractivity contribution in [2.24, 2.45) is 5.92 Å². The number of hydrogen-bond acceptors (Lipinski definition) is 7. The van der Waals surface area contributed by atoms with E-state index >= 15 is 0 Å². The summed E-state index contributed by atoms with van der Waals surface area (Å²) in [5.41, 5.74) is -0.648. The predicted molar refractivity (Wildman–Crippen MR) is 105 cm³/mol. The summed E-state index contributed by atoms with van der Waals surface area (Å²) in [4.78, 5) is 25.7. The van der Waals surface area contributed by atoms with Crippen molar-refractivity contribution >= 4 is 11.8 Å². The van der Waals surface area contributed by atoms with Gasteiger partial charge in [0.15, 0.2) is 5.60 Å². The van der Waals surface area contributed by atoms with E-state index in [4.69, 9.17) is 14.2 Å². The predicted octanol–water partition coefficient (Wildman–Crippen LogP) is 2.60. The topological polar surface area (TPSA) is 102 Å². The number of carbonyl (C=O) groups is 2. The third kappa shape index (κ3) is 3.65. The summed E-state index contributed by atoms with van der Waals surface area (Å²) in [5, 5.41) is 20.6. The Morgan fingerprint density at radius 1 is 1.34 bits per heavy atom. The molecule has 0 aromatic heterocycles. The summed E-state index contributed by atoms with van der Waals surface area (Å²) in [6.45, 7) is 5.01. The average molecular weight is 400 g/mol. The van der Waals surface area contributed by atoms with Crippen LogP contribution in [0.1, 0.15) is 29.8 Å². The van der Waals surface area contributed by atoms with Crippen molar-refractivity contribution in [1.82, 2.24) is 0 Å². The number of ketones is 1. The number of phenolic OH excluding ortho intramolecular Hbond substituents is 1. The number of phenols is 1. The standard InChI is InChI=1S/C22H24O7/c1-5-6-15-8-13-9-18(24)22(3,20(25)16(13)11-28-15)29-21(26)19-12(2)7-14(23)10-17(19)27-4/h5-10,16,20,23,25H,11H2,1-4H3. The second-order valence-corrected chi connectivity index (χ2v) is 7.25. The van der Waals surface area contributed by atoms with E-state index in [0.29, 0.717) is 16.9 Å². The number of methoxy groups -OCH3 is 1. The molecule has 1 aliphatic carbocycles.